The SMILES string of the molecule is Cc1cc(F)c(-n2c(CCl)nc3c(C)cccc32)cc1F. The third-order valence-corrected chi connectivity index (χ3v) is 3.78. The zero-order chi connectivity index (χ0) is 15.1. The zero-order valence-corrected chi connectivity index (χ0v) is 12.4. The van der Waals surface area contributed by atoms with E-state index in [0.717, 1.165) is 11.1 Å². The molecule has 5 heteroatoms. The van der Waals surface area contributed by atoms with Gasteiger partial charge >= 0.3 is 0 Å². The molecular weight excluding hydrogens is 294 g/mol. The van der Waals surface area contributed by atoms with Crippen LogP contribution in [0.2, 0.25) is 0 Å². The van der Waals surface area contributed by atoms with Gasteiger partial charge in [-0.2, -0.15) is 0 Å². The van der Waals surface area contributed by atoms with Crippen molar-refractivity contribution in [2.45, 2.75) is 19.7 Å². The van der Waals surface area contributed by atoms with E-state index in [9.17, 15) is 8.78 Å². The minimum atomic E-state index is -0.499. The lowest BCUT2D eigenvalue weighted by Gasteiger charge is -2.10. The zero-order valence-electron chi connectivity index (χ0n) is 11.6. The van der Waals surface area contributed by atoms with Crippen molar-refractivity contribution in [2.75, 3.05) is 0 Å². The topological polar surface area (TPSA) is 17.8 Å². The molecule has 0 amide bonds. The molecule has 0 fully saturated rings. The molecule has 0 unspecified atom stereocenters. The number of hydrogen-bond donors (Lipinski definition) is 0. The first-order valence-corrected chi connectivity index (χ1v) is 7.05. The number of halogens is 3. The van der Waals surface area contributed by atoms with Crippen LogP contribution in [-0.2, 0) is 5.88 Å². The molecule has 3 rings (SSSR count). The van der Waals surface area contributed by atoms with Crippen LogP contribution in [0.4, 0.5) is 8.78 Å². The average molecular weight is 307 g/mol. The fourth-order valence-electron chi connectivity index (χ4n) is 2.45. The van der Waals surface area contributed by atoms with Crippen LogP contribution in [-0.4, -0.2) is 9.55 Å². The molecule has 21 heavy (non-hydrogen) atoms. The second-order valence-corrected chi connectivity index (χ2v) is 5.26. The molecule has 0 spiro atoms. The van der Waals surface area contributed by atoms with Gasteiger partial charge in [0.25, 0.3) is 0 Å². The van der Waals surface area contributed by atoms with Gasteiger partial charge in [0, 0.05) is 6.07 Å². The number of nitrogens with zero attached hydrogens (tertiary/aromatic N) is 2. The van der Waals surface area contributed by atoms with E-state index in [1.54, 1.807) is 4.57 Å². The van der Waals surface area contributed by atoms with E-state index < -0.39 is 11.6 Å². The summed E-state index contributed by atoms with van der Waals surface area (Å²) < 4.78 is 29.7. The second-order valence-electron chi connectivity index (χ2n) is 4.99. The van der Waals surface area contributed by atoms with E-state index in [1.165, 1.54) is 19.1 Å². The third-order valence-electron chi connectivity index (χ3n) is 3.54. The van der Waals surface area contributed by atoms with Crippen LogP contribution in [0.1, 0.15) is 17.0 Å². The Hall–Kier alpha value is -1.94. The molecule has 0 saturated heterocycles. The van der Waals surface area contributed by atoms with Crippen LogP contribution in [0.25, 0.3) is 16.7 Å². The van der Waals surface area contributed by atoms with Crippen molar-refractivity contribution >= 4 is 22.6 Å². The van der Waals surface area contributed by atoms with Crippen LogP contribution in [0, 0.1) is 25.5 Å². The largest absolute Gasteiger partial charge is 0.292 e. The van der Waals surface area contributed by atoms with E-state index >= 15 is 0 Å². The maximum absolute atomic E-state index is 14.3. The molecule has 0 aliphatic carbocycles. The van der Waals surface area contributed by atoms with Crippen molar-refractivity contribution in [2.24, 2.45) is 0 Å². The summed E-state index contributed by atoms with van der Waals surface area (Å²) in [7, 11) is 0. The average Bonchev–Trinajstić information content (AvgIpc) is 2.83. The van der Waals surface area contributed by atoms with Crippen LogP contribution in [0.5, 0.6) is 0 Å². The molecule has 2 aromatic carbocycles. The summed E-state index contributed by atoms with van der Waals surface area (Å²) in [5, 5.41) is 0. The van der Waals surface area contributed by atoms with Crippen LogP contribution >= 0.6 is 11.6 Å². The lowest BCUT2D eigenvalue weighted by molar-refractivity contribution is 0.585. The molecule has 2 nitrogen and oxygen atoms in total. The van der Waals surface area contributed by atoms with E-state index in [4.69, 9.17) is 11.6 Å². The Morgan fingerprint density at radius 3 is 2.57 bits per heavy atom. The Kier molecular flexibility index (Phi) is 3.41. The molecule has 1 aromatic heterocycles. The van der Waals surface area contributed by atoms with Crippen molar-refractivity contribution in [3.63, 3.8) is 0 Å². The first-order chi connectivity index (χ1) is 10.0. The van der Waals surface area contributed by atoms with Gasteiger partial charge in [-0.1, -0.05) is 12.1 Å². The Labute approximate surface area is 126 Å². The minimum absolute atomic E-state index is 0.114. The molecule has 0 radical (unpaired) electrons. The minimum Gasteiger partial charge on any atom is -0.292 e. The summed E-state index contributed by atoms with van der Waals surface area (Å²) in [5.41, 5.74) is 2.82. The summed E-state index contributed by atoms with van der Waals surface area (Å²) in [4.78, 5) is 4.44. The molecular formula is C16H13ClF2N2. The second kappa shape index (κ2) is 5.11. The Bertz CT molecular complexity index is 840. The number of alkyl halides is 1. The summed E-state index contributed by atoms with van der Waals surface area (Å²) in [5.74, 6) is -0.353. The van der Waals surface area contributed by atoms with E-state index in [1.807, 2.05) is 25.1 Å². The van der Waals surface area contributed by atoms with Crippen LogP contribution in [0.15, 0.2) is 30.3 Å². The highest BCUT2D eigenvalue weighted by molar-refractivity contribution is 6.17. The lowest BCUT2D eigenvalue weighted by atomic mass is 10.2. The van der Waals surface area contributed by atoms with Gasteiger partial charge in [-0.25, -0.2) is 13.8 Å². The summed E-state index contributed by atoms with van der Waals surface area (Å²) in [6, 6.07) is 7.97. The number of benzene rings is 2. The van der Waals surface area contributed by atoms with Gasteiger partial charge in [0.2, 0.25) is 0 Å². The number of para-hydroxylation sites is 1. The number of aromatic nitrogens is 2. The molecule has 0 N–H and O–H groups in total. The van der Waals surface area contributed by atoms with Crippen molar-refractivity contribution in [3.05, 3.63) is 58.9 Å². The highest BCUT2D eigenvalue weighted by Gasteiger charge is 2.17. The highest BCUT2D eigenvalue weighted by Crippen LogP contribution is 2.27. The predicted molar refractivity (Wildman–Crippen MR) is 80.0 cm³/mol. The van der Waals surface area contributed by atoms with Gasteiger partial charge in [0.1, 0.15) is 17.5 Å². The first kappa shape index (κ1) is 14.0. The maximum Gasteiger partial charge on any atom is 0.147 e. The smallest absolute Gasteiger partial charge is 0.147 e. The number of imidazole rings is 1. The molecule has 1 heterocycles. The van der Waals surface area contributed by atoms with E-state index in [-0.39, 0.29) is 17.1 Å². The Balaban J connectivity index is 2.39. The monoisotopic (exact) mass is 306 g/mol. The standard InChI is InChI=1S/C16H13ClF2N2/c1-9-4-3-5-13-16(9)20-15(8-17)21(13)14-7-11(18)10(2)6-12(14)19/h3-7H,8H2,1-2H3. The van der Waals surface area contributed by atoms with Gasteiger partial charge in [-0.3, -0.25) is 4.57 Å². The molecule has 0 atom stereocenters. The predicted octanol–water partition coefficient (Wildman–Crippen LogP) is 4.66. The molecule has 0 aliphatic heterocycles. The Morgan fingerprint density at radius 1 is 1.10 bits per heavy atom. The first-order valence-electron chi connectivity index (χ1n) is 6.52. The number of hydrogen-bond acceptors (Lipinski definition) is 1. The number of aryl methyl sites for hydroxylation is 2. The van der Waals surface area contributed by atoms with Crippen LogP contribution in [0.3, 0.4) is 0 Å². The van der Waals surface area contributed by atoms with Crippen molar-refractivity contribution in [3.8, 4) is 5.69 Å². The normalized spacial score (nSPS) is 11.3. The van der Waals surface area contributed by atoms with E-state index in [2.05, 4.69) is 4.98 Å². The Morgan fingerprint density at radius 2 is 1.86 bits per heavy atom. The summed E-state index contributed by atoms with van der Waals surface area (Å²) in [6.45, 7) is 3.45. The van der Waals surface area contributed by atoms with Crippen LogP contribution < -0.4 is 0 Å². The molecule has 0 aliphatic rings. The maximum atomic E-state index is 14.3. The molecule has 108 valence electrons. The summed E-state index contributed by atoms with van der Waals surface area (Å²) in [6.07, 6.45) is 0. The summed E-state index contributed by atoms with van der Waals surface area (Å²) >= 11 is 5.93. The number of fused-ring (bicyclic) bond motifs is 1. The van der Waals surface area contributed by atoms with Gasteiger partial charge in [0.05, 0.1) is 22.6 Å². The number of rotatable bonds is 2. The van der Waals surface area contributed by atoms with Gasteiger partial charge in [-0.15, -0.1) is 11.6 Å². The fraction of sp³-hybridized carbons (Fsp3) is 0.188. The fourth-order valence-corrected chi connectivity index (χ4v) is 2.63. The van der Waals surface area contributed by atoms with Crippen molar-refractivity contribution in [1.29, 1.82) is 0 Å². The third kappa shape index (κ3) is 2.20. The van der Waals surface area contributed by atoms with Gasteiger partial charge in [0.15, 0.2) is 0 Å². The highest BCUT2D eigenvalue weighted by atomic mass is 35.5. The van der Waals surface area contributed by atoms with Crippen molar-refractivity contribution < 1.29 is 8.78 Å². The van der Waals surface area contributed by atoms with Gasteiger partial charge in [-0.05, 0) is 37.1 Å². The molecule has 0 saturated carbocycles. The van der Waals surface area contributed by atoms with Gasteiger partial charge < -0.3 is 0 Å². The van der Waals surface area contributed by atoms with Crippen molar-refractivity contribution in [1.82, 2.24) is 9.55 Å². The quantitative estimate of drug-likeness (QED) is 0.630. The lowest BCUT2D eigenvalue weighted by Crippen LogP contribution is -2.03. The molecule has 3 aromatic rings. The molecule has 0 bridgehead atoms. The van der Waals surface area contributed by atoms with E-state index in [0.29, 0.717) is 11.3 Å².